The molecule has 27 heavy (non-hydrogen) atoms. The molecule has 0 spiro atoms. The van der Waals surface area contributed by atoms with E-state index in [1.54, 1.807) is 0 Å². The van der Waals surface area contributed by atoms with E-state index in [0.717, 1.165) is 6.54 Å². The van der Waals surface area contributed by atoms with Crippen LogP contribution < -0.4 is 4.90 Å². The summed E-state index contributed by atoms with van der Waals surface area (Å²) in [5.74, 6) is 0.594. The molecule has 152 valence electrons. The molecule has 0 bridgehead atoms. The number of likely N-dealkylation sites (tertiary alicyclic amines) is 1. The summed E-state index contributed by atoms with van der Waals surface area (Å²) in [6.07, 6.45) is 6.21. The van der Waals surface area contributed by atoms with Gasteiger partial charge < -0.3 is 9.80 Å². The lowest BCUT2D eigenvalue weighted by molar-refractivity contribution is 0.183. The van der Waals surface area contributed by atoms with E-state index in [1.807, 2.05) is 0 Å². The third-order valence-corrected chi connectivity index (χ3v) is 5.76. The van der Waals surface area contributed by atoms with E-state index in [1.165, 1.54) is 55.7 Å². The molecule has 1 aromatic rings. The highest BCUT2D eigenvalue weighted by Gasteiger charge is 2.25. The molecule has 0 aliphatic carbocycles. The molecule has 0 saturated carbocycles. The lowest BCUT2D eigenvalue weighted by Gasteiger charge is -2.40. The molecule has 0 aromatic heterocycles. The van der Waals surface area contributed by atoms with Crippen molar-refractivity contribution >= 4 is 5.69 Å². The lowest BCUT2D eigenvalue weighted by atomic mass is 9.91. The zero-order valence-corrected chi connectivity index (χ0v) is 18.9. The molecule has 0 radical (unpaired) electrons. The minimum Gasteiger partial charge on any atom is -0.365 e. The van der Waals surface area contributed by atoms with E-state index in [2.05, 4.69) is 88.6 Å². The van der Waals surface area contributed by atoms with Crippen LogP contribution in [0.15, 0.2) is 35.9 Å². The van der Waals surface area contributed by atoms with E-state index in [-0.39, 0.29) is 0 Å². The summed E-state index contributed by atoms with van der Waals surface area (Å²) in [6.45, 7) is 20.7. The summed E-state index contributed by atoms with van der Waals surface area (Å²) in [5.41, 5.74) is 4.65. The molecule has 2 heteroatoms. The van der Waals surface area contributed by atoms with Crippen LogP contribution in [0.5, 0.6) is 0 Å². The van der Waals surface area contributed by atoms with Crippen molar-refractivity contribution < 1.29 is 0 Å². The third kappa shape index (κ3) is 7.33. The van der Waals surface area contributed by atoms with Crippen LogP contribution in [0.25, 0.3) is 0 Å². The minimum atomic E-state index is 0.435. The van der Waals surface area contributed by atoms with Gasteiger partial charge in [0.2, 0.25) is 0 Å². The Hall–Kier alpha value is -1.28. The largest absolute Gasteiger partial charge is 0.365 e. The van der Waals surface area contributed by atoms with Gasteiger partial charge in [0.1, 0.15) is 0 Å². The lowest BCUT2D eigenvalue weighted by Crippen LogP contribution is -2.45. The predicted molar refractivity (Wildman–Crippen MR) is 121 cm³/mol. The monoisotopic (exact) mass is 370 g/mol. The molecule has 1 fully saturated rings. The van der Waals surface area contributed by atoms with E-state index >= 15 is 0 Å². The molecule has 0 N–H and O–H groups in total. The Morgan fingerprint density at radius 1 is 1.11 bits per heavy atom. The highest BCUT2D eigenvalue weighted by molar-refractivity contribution is 5.50. The number of anilines is 1. The fourth-order valence-electron chi connectivity index (χ4n) is 3.75. The molecule has 2 nitrogen and oxygen atoms in total. The number of benzene rings is 1. The second kappa shape index (κ2) is 9.78. The maximum atomic E-state index is 2.67. The van der Waals surface area contributed by atoms with Crippen molar-refractivity contribution in [3.63, 3.8) is 0 Å². The van der Waals surface area contributed by atoms with Gasteiger partial charge >= 0.3 is 0 Å². The number of rotatable bonds is 7. The van der Waals surface area contributed by atoms with Gasteiger partial charge in [-0.15, -0.1) is 0 Å². The smallest absolute Gasteiger partial charge is 0.0371 e. The molecule has 1 aromatic carbocycles. The van der Waals surface area contributed by atoms with Crippen molar-refractivity contribution in [3.05, 3.63) is 41.5 Å². The fourth-order valence-corrected chi connectivity index (χ4v) is 3.75. The van der Waals surface area contributed by atoms with Gasteiger partial charge in [-0.05, 0) is 68.7 Å². The van der Waals surface area contributed by atoms with Gasteiger partial charge in [0, 0.05) is 31.4 Å². The number of hydrogen-bond donors (Lipinski definition) is 0. The Bertz CT molecular complexity index is 580. The molecular weight excluding hydrogens is 328 g/mol. The summed E-state index contributed by atoms with van der Waals surface area (Å²) < 4.78 is 0. The van der Waals surface area contributed by atoms with Crippen LogP contribution >= 0.6 is 0 Å². The van der Waals surface area contributed by atoms with E-state index in [4.69, 9.17) is 0 Å². The Balaban J connectivity index is 2.03. The molecule has 0 amide bonds. The fraction of sp³-hybridized carbons (Fsp3) is 0.680. The first-order valence-electron chi connectivity index (χ1n) is 10.9. The van der Waals surface area contributed by atoms with Gasteiger partial charge in [0.05, 0.1) is 0 Å². The highest BCUT2D eigenvalue weighted by atomic mass is 15.2. The number of hydrogen-bond acceptors (Lipinski definition) is 2. The second-order valence-corrected chi connectivity index (χ2v) is 10.1. The van der Waals surface area contributed by atoms with Gasteiger partial charge in [-0.3, -0.25) is 0 Å². The SMILES string of the molecule is CC(C)=CCN(c1ccc(C(C)C)cc1)C1CCN(CCC(C)(C)C)CC1. The molecule has 1 heterocycles. The van der Waals surface area contributed by atoms with Gasteiger partial charge in [0.15, 0.2) is 0 Å². The average molecular weight is 371 g/mol. The highest BCUT2D eigenvalue weighted by Crippen LogP contribution is 2.27. The summed E-state index contributed by atoms with van der Waals surface area (Å²) in [7, 11) is 0. The van der Waals surface area contributed by atoms with Crippen LogP contribution in [-0.4, -0.2) is 37.1 Å². The van der Waals surface area contributed by atoms with Gasteiger partial charge in [-0.1, -0.05) is 58.4 Å². The van der Waals surface area contributed by atoms with Crippen LogP contribution in [0.3, 0.4) is 0 Å². The van der Waals surface area contributed by atoms with E-state index in [9.17, 15) is 0 Å². The van der Waals surface area contributed by atoms with Crippen molar-refractivity contribution in [2.75, 3.05) is 31.1 Å². The van der Waals surface area contributed by atoms with Gasteiger partial charge in [-0.25, -0.2) is 0 Å². The summed E-state index contributed by atoms with van der Waals surface area (Å²) >= 11 is 0. The van der Waals surface area contributed by atoms with Crippen molar-refractivity contribution in [1.82, 2.24) is 4.90 Å². The molecule has 1 saturated heterocycles. The van der Waals surface area contributed by atoms with Crippen molar-refractivity contribution in [2.45, 2.75) is 79.7 Å². The predicted octanol–water partition coefficient (Wildman–Crippen LogP) is 6.48. The Labute approximate surface area is 168 Å². The average Bonchev–Trinajstić information content (AvgIpc) is 2.60. The van der Waals surface area contributed by atoms with Crippen LogP contribution in [0.4, 0.5) is 5.69 Å². The number of nitrogens with zero attached hydrogens (tertiary/aromatic N) is 2. The Morgan fingerprint density at radius 3 is 2.19 bits per heavy atom. The van der Waals surface area contributed by atoms with Crippen molar-refractivity contribution in [2.24, 2.45) is 5.41 Å². The third-order valence-electron chi connectivity index (χ3n) is 5.76. The molecule has 0 atom stereocenters. The topological polar surface area (TPSA) is 6.48 Å². The van der Waals surface area contributed by atoms with Gasteiger partial charge in [-0.2, -0.15) is 0 Å². The quantitative estimate of drug-likeness (QED) is 0.507. The zero-order valence-electron chi connectivity index (χ0n) is 18.9. The van der Waals surface area contributed by atoms with E-state index < -0.39 is 0 Å². The van der Waals surface area contributed by atoms with E-state index in [0.29, 0.717) is 17.4 Å². The number of piperidine rings is 1. The van der Waals surface area contributed by atoms with Gasteiger partial charge in [0.25, 0.3) is 0 Å². The second-order valence-electron chi connectivity index (χ2n) is 10.1. The van der Waals surface area contributed by atoms with Crippen molar-refractivity contribution in [3.8, 4) is 0 Å². The first-order chi connectivity index (χ1) is 12.7. The molecule has 1 aliphatic rings. The molecular formula is C25H42N2. The summed E-state index contributed by atoms with van der Waals surface area (Å²) in [6, 6.07) is 9.94. The maximum absolute atomic E-state index is 2.67. The van der Waals surface area contributed by atoms with Crippen molar-refractivity contribution in [1.29, 1.82) is 0 Å². The normalized spacial score (nSPS) is 16.6. The molecule has 1 aliphatic heterocycles. The zero-order chi connectivity index (χ0) is 20.0. The van der Waals surface area contributed by atoms with Crippen LogP contribution in [-0.2, 0) is 0 Å². The summed E-state index contributed by atoms with van der Waals surface area (Å²) in [5, 5.41) is 0. The number of allylic oxidation sites excluding steroid dienone is 1. The van der Waals surface area contributed by atoms with Crippen LogP contribution in [0, 0.1) is 5.41 Å². The standard InChI is InChI=1S/C25H42N2/c1-20(2)12-18-27(23-10-8-22(9-11-23)21(3)4)24-13-16-26(17-14-24)19-15-25(5,6)7/h8-12,21,24H,13-19H2,1-7H3. The molecule has 2 rings (SSSR count). The van der Waals surface area contributed by atoms with Crippen LogP contribution in [0.1, 0.15) is 79.2 Å². The Morgan fingerprint density at radius 2 is 1.70 bits per heavy atom. The Kier molecular flexibility index (Phi) is 7.97. The molecule has 0 unspecified atom stereocenters. The first-order valence-corrected chi connectivity index (χ1v) is 10.9. The summed E-state index contributed by atoms with van der Waals surface area (Å²) in [4.78, 5) is 5.31. The minimum absolute atomic E-state index is 0.435. The van der Waals surface area contributed by atoms with Crippen LogP contribution in [0.2, 0.25) is 0 Å². The maximum Gasteiger partial charge on any atom is 0.0371 e. The first kappa shape index (κ1) is 22.0.